The minimum atomic E-state index is -0.434. The smallest absolute Gasteiger partial charge is 0.338 e. The molecule has 0 fully saturated rings. The summed E-state index contributed by atoms with van der Waals surface area (Å²) in [6, 6.07) is 9.30. The third-order valence-electron chi connectivity index (χ3n) is 2.67. The van der Waals surface area contributed by atoms with Crippen LogP contribution < -0.4 is 0 Å². The van der Waals surface area contributed by atoms with Gasteiger partial charge in [0, 0.05) is 12.4 Å². The predicted molar refractivity (Wildman–Crippen MR) is 75.1 cm³/mol. The van der Waals surface area contributed by atoms with Crippen LogP contribution >= 0.6 is 0 Å². The Morgan fingerprint density at radius 3 is 2.45 bits per heavy atom. The molecular weight excluding hydrogens is 257 g/mol. The molecule has 0 unspecified atom stereocenters. The number of ether oxygens (including phenoxy) is 1. The maximum Gasteiger partial charge on any atom is 0.338 e. The number of nitrogens with zero attached hydrogens (tertiary/aromatic N) is 1. The fourth-order valence-corrected chi connectivity index (χ4v) is 1.72. The van der Waals surface area contributed by atoms with Crippen LogP contribution in [0.4, 0.5) is 4.39 Å². The van der Waals surface area contributed by atoms with Gasteiger partial charge < -0.3 is 4.74 Å². The molecule has 0 aliphatic rings. The van der Waals surface area contributed by atoms with Gasteiger partial charge in [-0.15, -0.1) is 0 Å². The minimum Gasteiger partial charge on any atom is -0.462 e. The second-order valence-electron chi connectivity index (χ2n) is 4.07. The van der Waals surface area contributed by atoms with Gasteiger partial charge in [-0.2, -0.15) is 0 Å². The Kier molecular flexibility index (Phi) is 4.60. The van der Waals surface area contributed by atoms with Gasteiger partial charge in [-0.3, -0.25) is 4.98 Å². The molecule has 0 saturated heterocycles. The van der Waals surface area contributed by atoms with E-state index in [0.717, 1.165) is 5.56 Å². The largest absolute Gasteiger partial charge is 0.462 e. The summed E-state index contributed by atoms with van der Waals surface area (Å²) < 4.78 is 18.0. The van der Waals surface area contributed by atoms with E-state index in [1.54, 1.807) is 49.7 Å². The van der Waals surface area contributed by atoms with Crippen molar-refractivity contribution in [3.8, 4) is 0 Å². The van der Waals surface area contributed by atoms with E-state index in [0.29, 0.717) is 11.1 Å². The average Bonchev–Trinajstić information content (AvgIpc) is 2.47. The highest BCUT2D eigenvalue weighted by Gasteiger charge is 2.13. The number of carbonyl (C=O) groups is 1. The zero-order valence-electron chi connectivity index (χ0n) is 11.0. The van der Waals surface area contributed by atoms with E-state index in [-0.39, 0.29) is 12.4 Å². The van der Waals surface area contributed by atoms with Crippen LogP contribution in [-0.4, -0.2) is 17.6 Å². The Balaban J connectivity index is 2.42. The summed E-state index contributed by atoms with van der Waals surface area (Å²) in [5.74, 6) is -0.781. The Morgan fingerprint density at radius 2 is 1.85 bits per heavy atom. The van der Waals surface area contributed by atoms with Crippen molar-refractivity contribution in [2.45, 2.75) is 6.92 Å². The number of carbonyl (C=O) groups excluding carboxylic acids is 1. The van der Waals surface area contributed by atoms with E-state index in [1.807, 2.05) is 0 Å². The highest BCUT2D eigenvalue weighted by molar-refractivity contribution is 6.21. The summed E-state index contributed by atoms with van der Waals surface area (Å²) >= 11 is 0. The van der Waals surface area contributed by atoms with Crippen LogP contribution in [0.25, 0.3) is 11.6 Å². The molecule has 0 saturated carbocycles. The number of esters is 1. The summed E-state index contributed by atoms with van der Waals surface area (Å²) in [5, 5.41) is 0. The molecule has 102 valence electrons. The standard InChI is InChI=1S/C16H14FNO2/c1-2-20-16(19)15(11-12-7-9-18-10-8-12)13-3-5-14(17)6-4-13/h3-11H,2H2,1H3/b15-11+. The zero-order chi connectivity index (χ0) is 14.4. The Hall–Kier alpha value is -2.49. The van der Waals surface area contributed by atoms with Crippen LogP contribution in [-0.2, 0) is 9.53 Å². The van der Waals surface area contributed by atoms with E-state index in [2.05, 4.69) is 4.98 Å². The molecule has 0 radical (unpaired) electrons. The number of pyridine rings is 1. The molecule has 2 aromatic rings. The molecule has 1 aromatic heterocycles. The number of rotatable bonds is 4. The Morgan fingerprint density at radius 1 is 1.20 bits per heavy atom. The average molecular weight is 271 g/mol. The van der Waals surface area contributed by atoms with Crippen molar-refractivity contribution in [3.63, 3.8) is 0 Å². The first-order valence-electron chi connectivity index (χ1n) is 6.25. The normalized spacial score (nSPS) is 11.2. The van der Waals surface area contributed by atoms with Crippen molar-refractivity contribution in [1.29, 1.82) is 0 Å². The summed E-state index contributed by atoms with van der Waals surface area (Å²) in [5.41, 5.74) is 1.83. The third kappa shape index (κ3) is 3.51. The fraction of sp³-hybridized carbons (Fsp3) is 0.125. The fourth-order valence-electron chi connectivity index (χ4n) is 1.72. The Labute approximate surface area is 116 Å². The maximum atomic E-state index is 13.0. The molecular formula is C16H14FNO2. The van der Waals surface area contributed by atoms with Gasteiger partial charge in [0.1, 0.15) is 5.82 Å². The van der Waals surface area contributed by atoms with Gasteiger partial charge in [0.15, 0.2) is 0 Å². The lowest BCUT2D eigenvalue weighted by Gasteiger charge is -2.07. The predicted octanol–water partition coefficient (Wildman–Crippen LogP) is 3.32. The van der Waals surface area contributed by atoms with E-state index < -0.39 is 5.97 Å². The first-order chi connectivity index (χ1) is 9.70. The molecule has 0 amide bonds. The lowest BCUT2D eigenvalue weighted by molar-refractivity contribution is -0.136. The number of hydrogen-bond acceptors (Lipinski definition) is 3. The highest BCUT2D eigenvalue weighted by Crippen LogP contribution is 2.20. The van der Waals surface area contributed by atoms with Gasteiger partial charge in [0.05, 0.1) is 12.2 Å². The molecule has 0 atom stereocenters. The number of halogens is 1. The van der Waals surface area contributed by atoms with Gasteiger partial charge in [0.2, 0.25) is 0 Å². The molecule has 20 heavy (non-hydrogen) atoms. The molecule has 1 aromatic carbocycles. The van der Waals surface area contributed by atoms with Crippen molar-refractivity contribution in [2.75, 3.05) is 6.61 Å². The number of aromatic nitrogens is 1. The first kappa shape index (κ1) is 13.9. The molecule has 0 spiro atoms. The van der Waals surface area contributed by atoms with Crippen molar-refractivity contribution < 1.29 is 13.9 Å². The molecule has 0 N–H and O–H groups in total. The van der Waals surface area contributed by atoms with Gasteiger partial charge in [-0.25, -0.2) is 9.18 Å². The topological polar surface area (TPSA) is 39.2 Å². The van der Waals surface area contributed by atoms with Crippen LogP contribution in [0.15, 0.2) is 48.8 Å². The van der Waals surface area contributed by atoms with Crippen LogP contribution in [0.2, 0.25) is 0 Å². The van der Waals surface area contributed by atoms with Crippen LogP contribution in [0.3, 0.4) is 0 Å². The molecule has 3 nitrogen and oxygen atoms in total. The maximum absolute atomic E-state index is 13.0. The zero-order valence-corrected chi connectivity index (χ0v) is 11.0. The summed E-state index contributed by atoms with van der Waals surface area (Å²) in [6.45, 7) is 2.03. The van der Waals surface area contributed by atoms with Gasteiger partial charge in [-0.1, -0.05) is 12.1 Å². The minimum absolute atomic E-state index is 0.285. The second-order valence-corrected chi connectivity index (χ2v) is 4.07. The molecule has 0 bridgehead atoms. The summed E-state index contributed by atoms with van der Waals surface area (Å²) in [7, 11) is 0. The molecule has 0 aliphatic heterocycles. The third-order valence-corrected chi connectivity index (χ3v) is 2.67. The number of hydrogen-bond donors (Lipinski definition) is 0. The lowest BCUT2D eigenvalue weighted by atomic mass is 10.0. The van der Waals surface area contributed by atoms with Crippen molar-refractivity contribution in [1.82, 2.24) is 4.98 Å². The van der Waals surface area contributed by atoms with Gasteiger partial charge in [-0.05, 0) is 48.4 Å². The molecule has 4 heteroatoms. The second kappa shape index (κ2) is 6.61. The SMILES string of the molecule is CCOC(=O)/C(=C/c1ccncc1)c1ccc(F)cc1. The molecule has 0 aliphatic carbocycles. The first-order valence-corrected chi connectivity index (χ1v) is 6.25. The summed E-state index contributed by atoms with van der Waals surface area (Å²) in [6.07, 6.45) is 4.98. The van der Waals surface area contributed by atoms with E-state index in [9.17, 15) is 9.18 Å². The van der Waals surface area contributed by atoms with Crippen molar-refractivity contribution in [3.05, 3.63) is 65.7 Å². The van der Waals surface area contributed by atoms with E-state index in [4.69, 9.17) is 4.74 Å². The highest BCUT2D eigenvalue weighted by atomic mass is 19.1. The lowest BCUT2D eigenvalue weighted by Crippen LogP contribution is -2.07. The van der Waals surface area contributed by atoms with Crippen molar-refractivity contribution >= 4 is 17.6 Å². The van der Waals surface area contributed by atoms with Gasteiger partial charge in [0.25, 0.3) is 0 Å². The van der Waals surface area contributed by atoms with Crippen molar-refractivity contribution in [2.24, 2.45) is 0 Å². The Bertz CT molecular complexity index is 606. The van der Waals surface area contributed by atoms with Gasteiger partial charge >= 0.3 is 5.97 Å². The van der Waals surface area contributed by atoms with Crippen LogP contribution in [0, 0.1) is 5.82 Å². The molecule has 2 rings (SSSR count). The van der Waals surface area contributed by atoms with E-state index in [1.165, 1.54) is 12.1 Å². The monoisotopic (exact) mass is 271 g/mol. The molecule has 1 heterocycles. The van der Waals surface area contributed by atoms with E-state index >= 15 is 0 Å². The van der Waals surface area contributed by atoms with Crippen LogP contribution in [0.1, 0.15) is 18.1 Å². The van der Waals surface area contributed by atoms with Crippen LogP contribution in [0.5, 0.6) is 0 Å². The number of benzene rings is 1. The quantitative estimate of drug-likeness (QED) is 0.632. The summed E-state index contributed by atoms with van der Waals surface area (Å²) in [4.78, 5) is 16.0.